The van der Waals surface area contributed by atoms with Gasteiger partial charge in [0.15, 0.2) is 8.32 Å². The van der Waals surface area contributed by atoms with E-state index < -0.39 is 8.32 Å². The molecule has 0 aromatic heterocycles. The van der Waals surface area contributed by atoms with E-state index in [-0.39, 0.29) is 0 Å². The summed E-state index contributed by atoms with van der Waals surface area (Å²) in [6.45, 7) is 12.6. The molecule has 0 aliphatic rings. The van der Waals surface area contributed by atoms with Crippen LogP contribution in [0.5, 0.6) is 0 Å². The van der Waals surface area contributed by atoms with E-state index in [0.29, 0.717) is 6.10 Å². The predicted molar refractivity (Wildman–Crippen MR) is 48.5 cm³/mol. The lowest BCUT2D eigenvalue weighted by atomic mass is 10.3. The summed E-state index contributed by atoms with van der Waals surface area (Å²) in [5.74, 6) is 0. The topological polar surface area (TPSA) is 9.23 Å². The lowest BCUT2D eigenvalue weighted by molar-refractivity contribution is 0.208. The molecule has 0 amide bonds. The van der Waals surface area contributed by atoms with E-state index in [0.717, 1.165) is 12.5 Å². The summed E-state index contributed by atoms with van der Waals surface area (Å²) in [5.41, 5.74) is 0. The summed E-state index contributed by atoms with van der Waals surface area (Å²) in [7, 11) is -1.37. The van der Waals surface area contributed by atoms with Crippen LogP contribution < -0.4 is 0 Å². The summed E-state index contributed by atoms with van der Waals surface area (Å²) in [6.07, 6.45) is 1.53. The summed E-state index contributed by atoms with van der Waals surface area (Å²) >= 11 is 0. The molecule has 0 heterocycles. The molecule has 0 N–H and O–H groups in total. The minimum atomic E-state index is -1.37. The van der Waals surface area contributed by atoms with E-state index in [1.54, 1.807) is 0 Å². The molecule has 2 heteroatoms. The van der Waals surface area contributed by atoms with E-state index in [2.05, 4.69) is 33.9 Å². The van der Waals surface area contributed by atoms with Crippen molar-refractivity contribution in [2.75, 3.05) is 0 Å². The van der Waals surface area contributed by atoms with Crippen LogP contribution in [0.4, 0.5) is 0 Å². The van der Waals surface area contributed by atoms with Gasteiger partial charge in [0.2, 0.25) is 0 Å². The van der Waals surface area contributed by atoms with E-state index in [9.17, 15) is 0 Å². The third-order valence-corrected chi connectivity index (χ3v) is 3.94. The Kier molecular flexibility index (Phi) is 4.21. The van der Waals surface area contributed by atoms with Crippen LogP contribution in [0, 0.1) is 6.92 Å². The first-order chi connectivity index (χ1) is 4.52. The van der Waals surface area contributed by atoms with Gasteiger partial charge in [0.1, 0.15) is 0 Å². The van der Waals surface area contributed by atoms with Gasteiger partial charge in [-0.3, -0.25) is 0 Å². The molecule has 10 heavy (non-hydrogen) atoms. The van der Waals surface area contributed by atoms with Gasteiger partial charge in [-0.1, -0.05) is 13.8 Å². The SMILES string of the molecule is [CH2]C[Si](C)(C)OC(C)CC. The first kappa shape index (κ1) is 10.2. The second-order valence-electron chi connectivity index (χ2n) is 3.35. The molecule has 0 bridgehead atoms. The average Bonchev–Trinajstić information content (AvgIpc) is 1.87. The highest BCUT2D eigenvalue weighted by Crippen LogP contribution is 2.13. The molecule has 0 fully saturated rings. The van der Waals surface area contributed by atoms with Crippen LogP contribution in [0.3, 0.4) is 0 Å². The lowest BCUT2D eigenvalue weighted by Gasteiger charge is -2.25. The molecule has 1 unspecified atom stereocenters. The van der Waals surface area contributed by atoms with Crippen molar-refractivity contribution in [1.82, 2.24) is 0 Å². The van der Waals surface area contributed by atoms with Gasteiger partial charge in [0, 0.05) is 6.10 Å². The molecule has 0 saturated carbocycles. The molecule has 0 aliphatic heterocycles. The van der Waals surface area contributed by atoms with Gasteiger partial charge < -0.3 is 4.43 Å². The fourth-order valence-electron chi connectivity index (χ4n) is 0.687. The Balaban J connectivity index is 3.64. The maximum Gasteiger partial charge on any atom is 0.187 e. The highest BCUT2D eigenvalue weighted by molar-refractivity contribution is 6.71. The molecule has 0 spiro atoms. The molecular formula is C8H19OSi. The predicted octanol–water partition coefficient (Wildman–Crippen LogP) is 2.84. The Labute approximate surface area is 65.9 Å². The Morgan fingerprint density at radius 2 is 2.00 bits per heavy atom. The molecule has 0 rings (SSSR count). The largest absolute Gasteiger partial charge is 0.415 e. The fraction of sp³-hybridized carbons (Fsp3) is 0.875. The summed E-state index contributed by atoms with van der Waals surface area (Å²) in [4.78, 5) is 0. The highest BCUT2D eigenvalue weighted by atomic mass is 28.4. The summed E-state index contributed by atoms with van der Waals surface area (Å²) < 4.78 is 5.81. The molecule has 0 saturated heterocycles. The molecule has 1 radical (unpaired) electrons. The van der Waals surface area contributed by atoms with Crippen molar-refractivity contribution in [3.8, 4) is 0 Å². The van der Waals surface area contributed by atoms with Gasteiger partial charge in [-0.15, -0.1) is 0 Å². The second-order valence-corrected chi connectivity index (χ2v) is 7.60. The van der Waals surface area contributed by atoms with Crippen LogP contribution >= 0.6 is 0 Å². The zero-order valence-corrected chi connectivity index (χ0v) is 8.61. The van der Waals surface area contributed by atoms with Crippen molar-refractivity contribution in [3.05, 3.63) is 6.92 Å². The molecule has 0 aromatic rings. The van der Waals surface area contributed by atoms with Gasteiger partial charge >= 0.3 is 0 Å². The molecule has 1 nitrogen and oxygen atoms in total. The zero-order chi connectivity index (χ0) is 8.20. The normalized spacial score (nSPS) is 15.3. The maximum atomic E-state index is 5.81. The fourth-order valence-corrected chi connectivity index (χ4v) is 2.06. The Morgan fingerprint density at radius 3 is 2.30 bits per heavy atom. The van der Waals surface area contributed by atoms with Crippen molar-refractivity contribution in [1.29, 1.82) is 0 Å². The van der Waals surface area contributed by atoms with Crippen LogP contribution in [0.25, 0.3) is 0 Å². The van der Waals surface area contributed by atoms with Crippen LogP contribution in [0.2, 0.25) is 19.1 Å². The minimum Gasteiger partial charge on any atom is -0.415 e. The summed E-state index contributed by atoms with van der Waals surface area (Å²) in [5, 5.41) is 0. The Hall–Kier alpha value is 0.177. The van der Waals surface area contributed by atoms with E-state index in [4.69, 9.17) is 4.43 Å². The van der Waals surface area contributed by atoms with Crippen molar-refractivity contribution < 1.29 is 4.43 Å². The van der Waals surface area contributed by atoms with E-state index in [1.807, 2.05) is 0 Å². The first-order valence-corrected chi connectivity index (χ1v) is 7.10. The third-order valence-electron chi connectivity index (χ3n) is 1.70. The lowest BCUT2D eigenvalue weighted by Crippen LogP contribution is -2.33. The number of rotatable bonds is 4. The van der Waals surface area contributed by atoms with Crippen molar-refractivity contribution in [2.24, 2.45) is 0 Å². The molecule has 0 aliphatic carbocycles. The van der Waals surface area contributed by atoms with Gasteiger partial charge in [-0.25, -0.2) is 0 Å². The average molecular weight is 159 g/mol. The van der Waals surface area contributed by atoms with Gasteiger partial charge in [-0.05, 0) is 32.5 Å². The number of hydrogen-bond acceptors (Lipinski definition) is 1. The first-order valence-electron chi connectivity index (χ1n) is 3.99. The standard InChI is InChI=1S/C8H19OSi/c1-6-8(3)9-10(4,5)7-2/h8H,2,6-7H2,1,3-5H3. The smallest absolute Gasteiger partial charge is 0.187 e. The molecule has 1 atom stereocenters. The zero-order valence-electron chi connectivity index (χ0n) is 7.61. The molecule has 61 valence electrons. The molecular weight excluding hydrogens is 140 g/mol. The van der Waals surface area contributed by atoms with Crippen molar-refractivity contribution >= 4 is 8.32 Å². The van der Waals surface area contributed by atoms with Gasteiger partial charge in [0.05, 0.1) is 0 Å². The van der Waals surface area contributed by atoms with Gasteiger partial charge in [0.25, 0.3) is 0 Å². The van der Waals surface area contributed by atoms with Crippen molar-refractivity contribution in [3.63, 3.8) is 0 Å². The van der Waals surface area contributed by atoms with E-state index >= 15 is 0 Å². The van der Waals surface area contributed by atoms with Gasteiger partial charge in [-0.2, -0.15) is 0 Å². The highest BCUT2D eigenvalue weighted by Gasteiger charge is 2.21. The minimum absolute atomic E-state index is 0.420. The number of hydrogen-bond donors (Lipinski definition) is 0. The third kappa shape index (κ3) is 4.07. The van der Waals surface area contributed by atoms with Crippen LogP contribution in [-0.4, -0.2) is 14.4 Å². The second kappa shape index (κ2) is 4.14. The van der Waals surface area contributed by atoms with Crippen LogP contribution in [0.15, 0.2) is 0 Å². The molecule has 0 aromatic carbocycles. The Morgan fingerprint density at radius 1 is 1.50 bits per heavy atom. The monoisotopic (exact) mass is 159 g/mol. The van der Waals surface area contributed by atoms with E-state index in [1.165, 1.54) is 0 Å². The maximum absolute atomic E-state index is 5.81. The van der Waals surface area contributed by atoms with Crippen LogP contribution in [-0.2, 0) is 4.43 Å². The quantitative estimate of drug-likeness (QED) is 0.573. The Bertz CT molecular complexity index is 91.3. The van der Waals surface area contributed by atoms with Crippen molar-refractivity contribution in [2.45, 2.75) is 45.5 Å². The van der Waals surface area contributed by atoms with Crippen LogP contribution in [0.1, 0.15) is 20.3 Å². The summed E-state index contributed by atoms with van der Waals surface area (Å²) in [6, 6.07) is 0.970.